The van der Waals surface area contributed by atoms with Crippen molar-refractivity contribution in [3.8, 4) is 17.1 Å². The van der Waals surface area contributed by atoms with E-state index in [4.69, 9.17) is 19.9 Å². The van der Waals surface area contributed by atoms with Crippen molar-refractivity contribution in [3.63, 3.8) is 0 Å². The van der Waals surface area contributed by atoms with E-state index in [1.807, 2.05) is 30.5 Å². The summed E-state index contributed by atoms with van der Waals surface area (Å²) in [5, 5.41) is 17.0. The largest absolute Gasteiger partial charge is 0.491 e. The highest BCUT2D eigenvalue weighted by Gasteiger charge is 2.30. The number of benzene rings is 2. The minimum Gasteiger partial charge on any atom is -0.491 e. The molecule has 4 heterocycles. The van der Waals surface area contributed by atoms with Crippen molar-refractivity contribution in [2.75, 3.05) is 24.6 Å². The Morgan fingerprint density at radius 2 is 2.11 bits per heavy atom. The van der Waals surface area contributed by atoms with E-state index < -0.39 is 6.09 Å². The minimum absolute atomic E-state index is 0.124. The summed E-state index contributed by atoms with van der Waals surface area (Å²) in [4.78, 5) is 21.3. The number of aromatic amines is 1. The molecule has 2 aromatic carbocycles. The summed E-state index contributed by atoms with van der Waals surface area (Å²) in [5.41, 5.74) is 5.44. The van der Waals surface area contributed by atoms with Crippen LogP contribution in [0.5, 0.6) is 5.75 Å². The smallest absolute Gasteiger partial charge is 0.404 e. The van der Waals surface area contributed by atoms with Gasteiger partial charge in [0.05, 0.1) is 18.3 Å². The van der Waals surface area contributed by atoms with Crippen LogP contribution in [0, 0.1) is 12.7 Å². The van der Waals surface area contributed by atoms with Crippen LogP contribution in [0.15, 0.2) is 60.8 Å². The molecule has 9 nitrogen and oxygen atoms in total. The van der Waals surface area contributed by atoms with E-state index in [1.54, 1.807) is 10.6 Å². The van der Waals surface area contributed by atoms with Gasteiger partial charge in [-0.05, 0) is 55.7 Å². The van der Waals surface area contributed by atoms with Gasteiger partial charge in [0.2, 0.25) is 0 Å². The zero-order valence-corrected chi connectivity index (χ0v) is 20.8. The van der Waals surface area contributed by atoms with Crippen LogP contribution in [-0.2, 0) is 0 Å². The van der Waals surface area contributed by atoms with Crippen molar-refractivity contribution in [2.24, 2.45) is 0 Å². The molecule has 0 bridgehead atoms. The fourth-order valence-electron chi connectivity index (χ4n) is 5.28. The van der Waals surface area contributed by atoms with Gasteiger partial charge in [0.1, 0.15) is 29.7 Å². The Labute approximate surface area is 217 Å². The number of carboxylic acid groups (broad SMARTS) is 1. The Balaban J connectivity index is 1.30. The summed E-state index contributed by atoms with van der Waals surface area (Å²) in [5.74, 6) is 0.973. The van der Waals surface area contributed by atoms with Gasteiger partial charge in [-0.1, -0.05) is 18.2 Å². The third-order valence-electron chi connectivity index (χ3n) is 7.05. The van der Waals surface area contributed by atoms with Gasteiger partial charge in [0.15, 0.2) is 5.65 Å². The summed E-state index contributed by atoms with van der Waals surface area (Å²) in [6, 6.07) is 16.4. The van der Waals surface area contributed by atoms with E-state index in [-0.39, 0.29) is 25.0 Å². The van der Waals surface area contributed by atoms with Crippen molar-refractivity contribution in [2.45, 2.75) is 25.8 Å². The van der Waals surface area contributed by atoms with Crippen LogP contribution in [0.3, 0.4) is 0 Å². The molecule has 3 aromatic heterocycles. The average Bonchev–Trinajstić information content (AvgIpc) is 3.64. The fraction of sp³-hybridized carbons (Fsp3) is 0.250. The molecule has 1 amide bonds. The summed E-state index contributed by atoms with van der Waals surface area (Å²) in [6.07, 6.45) is 2.53. The molecule has 0 saturated carbocycles. The maximum atomic E-state index is 14.3. The maximum Gasteiger partial charge on any atom is 0.404 e. The number of aromatic nitrogens is 4. The molecule has 0 radical (unpaired) electrons. The molecule has 1 fully saturated rings. The van der Waals surface area contributed by atoms with Crippen LogP contribution in [0.25, 0.3) is 27.9 Å². The average molecular weight is 515 g/mol. The van der Waals surface area contributed by atoms with Crippen LogP contribution < -0.4 is 15.0 Å². The molecule has 194 valence electrons. The number of aryl methyl sites for hydroxylation is 1. The zero-order chi connectivity index (χ0) is 26.2. The van der Waals surface area contributed by atoms with Crippen molar-refractivity contribution >= 4 is 28.5 Å². The first-order chi connectivity index (χ1) is 18.5. The van der Waals surface area contributed by atoms with Gasteiger partial charge in [-0.15, -0.1) is 0 Å². The second-order valence-corrected chi connectivity index (χ2v) is 9.40. The highest BCUT2D eigenvalue weighted by Crippen LogP contribution is 2.40. The second kappa shape index (κ2) is 9.70. The van der Waals surface area contributed by atoms with Crippen molar-refractivity contribution in [1.29, 1.82) is 0 Å². The van der Waals surface area contributed by atoms with E-state index in [0.717, 1.165) is 58.9 Å². The number of fused-ring (bicyclic) bond motifs is 2. The number of carbonyl (C=O) groups is 1. The number of H-pyrrole nitrogens is 1. The number of ether oxygens (including phenoxy) is 1. The summed E-state index contributed by atoms with van der Waals surface area (Å²) in [6.45, 7) is 3.14. The third-order valence-corrected chi connectivity index (χ3v) is 7.05. The lowest BCUT2D eigenvalue weighted by Gasteiger charge is -2.27. The molecular weight excluding hydrogens is 487 g/mol. The number of rotatable bonds is 7. The summed E-state index contributed by atoms with van der Waals surface area (Å²) < 4.78 is 21.9. The van der Waals surface area contributed by atoms with Crippen molar-refractivity contribution in [3.05, 3.63) is 77.7 Å². The Morgan fingerprint density at radius 3 is 2.95 bits per heavy atom. The van der Waals surface area contributed by atoms with E-state index in [1.165, 1.54) is 17.5 Å². The number of nitrogens with one attached hydrogen (secondary N) is 2. The highest BCUT2D eigenvalue weighted by atomic mass is 19.1. The summed E-state index contributed by atoms with van der Waals surface area (Å²) in [7, 11) is 0. The highest BCUT2D eigenvalue weighted by molar-refractivity contribution is 5.90. The number of hydrogen-bond acceptors (Lipinski definition) is 5. The predicted molar refractivity (Wildman–Crippen MR) is 142 cm³/mol. The van der Waals surface area contributed by atoms with Gasteiger partial charge in [-0.3, -0.25) is 0 Å². The topological polar surface area (TPSA) is 108 Å². The van der Waals surface area contributed by atoms with Gasteiger partial charge < -0.3 is 25.0 Å². The normalized spacial score (nSPS) is 15.4. The Kier molecular flexibility index (Phi) is 6.07. The molecule has 3 N–H and O–H groups in total. The first-order valence-corrected chi connectivity index (χ1v) is 12.6. The Bertz CT molecular complexity index is 1640. The molecule has 1 atom stereocenters. The van der Waals surface area contributed by atoms with Crippen LogP contribution in [0.1, 0.15) is 30.0 Å². The van der Waals surface area contributed by atoms with E-state index in [9.17, 15) is 9.18 Å². The first-order valence-electron chi connectivity index (χ1n) is 12.6. The zero-order valence-electron chi connectivity index (χ0n) is 20.8. The fourth-order valence-corrected chi connectivity index (χ4v) is 5.28. The third kappa shape index (κ3) is 4.38. The summed E-state index contributed by atoms with van der Waals surface area (Å²) >= 11 is 0. The maximum absolute atomic E-state index is 14.3. The molecule has 10 heteroatoms. The lowest BCUT2D eigenvalue weighted by molar-refractivity contribution is 0.191. The Morgan fingerprint density at radius 1 is 1.24 bits per heavy atom. The monoisotopic (exact) mass is 514 g/mol. The minimum atomic E-state index is -1.11. The molecular formula is C28H27FN6O3. The molecule has 1 aliphatic rings. The predicted octanol–water partition coefficient (Wildman–Crippen LogP) is 5.31. The quantitative estimate of drug-likeness (QED) is 0.254. The van der Waals surface area contributed by atoms with Crippen LogP contribution >= 0.6 is 0 Å². The second-order valence-electron chi connectivity index (χ2n) is 9.40. The van der Waals surface area contributed by atoms with Crippen molar-refractivity contribution < 1.29 is 19.0 Å². The van der Waals surface area contributed by atoms with Crippen LogP contribution in [0.4, 0.5) is 15.0 Å². The van der Waals surface area contributed by atoms with Gasteiger partial charge >= 0.3 is 6.09 Å². The standard InChI is InChI=1S/C28H27FN6O3/c1-17-19-5-2-3-6-21(19)31-27(17)22-16-26-32-25(10-13-35(26)33-22)34-12-4-7-23(34)20-15-18(29)8-9-24(20)38-14-11-30-28(36)37/h2-3,5-6,8-10,13,15-16,23,30-31H,4,7,11-12,14H2,1H3,(H,36,37). The van der Waals surface area contributed by atoms with E-state index in [0.29, 0.717) is 5.75 Å². The molecule has 5 aromatic rings. The van der Waals surface area contributed by atoms with E-state index >= 15 is 0 Å². The molecule has 1 unspecified atom stereocenters. The molecule has 0 aliphatic carbocycles. The van der Waals surface area contributed by atoms with E-state index in [2.05, 4.69) is 34.3 Å². The number of amides is 1. The van der Waals surface area contributed by atoms with Gasteiger partial charge in [0, 0.05) is 35.3 Å². The first kappa shape index (κ1) is 23.8. The van der Waals surface area contributed by atoms with Crippen molar-refractivity contribution in [1.82, 2.24) is 24.9 Å². The molecule has 0 spiro atoms. The number of anilines is 1. The molecule has 1 aliphatic heterocycles. The molecule has 1 saturated heterocycles. The number of nitrogens with zero attached hydrogens (tertiary/aromatic N) is 4. The lowest BCUT2D eigenvalue weighted by atomic mass is 10.0. The number of para-hydroxylation sites is 1. The molecule has 6 rings (SSSR count). The lowest BCUT2D eigenvalue weighted by Crippen LogP contribution is -2.27. The number of hydrogen-bond donors (Lipinski definition) is 3. The van der Waals surface area contributed by atoms with Crippen LogP contribution in [-0.4, -0.2) is 50.5 Å². The molecule has 38 heavy (non-hydrogen) atoms. The SMILES string of the molecule is Cc1c(-c2cc3nc(N4CCCC4c4cc(F)ccc4OCCNC(=O)O)ccn3n2)[nH]c2ccccc12. The van der Waals surface area contributed by atoms with Gasteiger partial charge in [-0.2, -0.15) is 5.10 Å². The van der Waals surface area contributed by atoms with Crippen LogP contribution in [0.2, 0.25) is 0 Å². The number of halogens is 1. The van der Waals surface area contributed by atoms with Gasteiger partial charge in [-0.25, -0.2) is 18.7 Å². The Hall–Kier alpha value is -4.60. The van der Waals surface area contributed by atoms with Gasteiger partial charge in [0.25, 0.3) is 0 Å².